The Kier molecular flexibility index (Phi) is 8.80. The first kappa shape index (κ1) is 29.1. The van der Waals surface area contributed by atoms with Gasteiger partial charge in [0.25, 0.3) is 0 Å². The Labute approximate surface area is 229 Å². The number of aromatic nitrogens is 4. The monoisotopic (exact) mass is 591 g/mol. The lowest BCUT2D eigenvalue weighted by Gasteiger charge is -2.33. The second kappa shape index (κ2) is 11.8. The lowest BCUT2D eigenvalue weighted by molar-refractivity contribution is -0.116. The van der Waals surface area contributed by atoms with E-state index < -0.39 is 50.7 Å². The van der Waals surface area contributed by atoms with Gasteiger partial charge in [-0.25, -0.2) is 4.68 Å². The summed E-state index contributed by atoms with van der Waals surface area (Å²) < 4.78 is 30.5. The van der Waals surface area contributed by atoms with Gasteiger partial charge in [-0.1, -0.05) is 12.8 Å². The van der Waals surface area contributed by atoms with E-state index in [2.05, 4.69) is 20.4 Å². The maximum absolute atomic E-state index is 12.3. The van der Waals surface area contributed by atoms with Gasteiger partial charge in [-0.3, -0.25) is 4.57 Å². The quantitative estimate of drug-likeness (QED) is 0.110. The Morgan fingerprint density at radius 3 is 2.56 bits per heavy atom. The van der Waals surface area contributed by atoms with Crippen LogP contribution in [-0.2, 0) is 18.8 Å². The number of aliphatic hydroxyl groups excluding tert-OH is 3. The number of aliphatic hydroxyl groups is 3. The number of nitrogens with one attached hydrogen (secondary N) is 1. The Morgan fingerprint density at radius 2 is 1.90 bits per heavy atom. The standard InChI is InChI=1S/C23H35ClN5O9P/c24-22-27-19(26-14-3-1-2-4-14)15-9-25-29(20(15)28-22)21-18(32)17(31)16(38-21)11-37-23(12-30,39(33,34)35)7-8-36-10-13-5-6-13/h9,13-14,16-18,21,30-32H,1-8,10-12H2,(H,26,27,28)(H2,33,34,35)/t16-,17-,18-,21-,23-/m1/s1. The number of anilines is 1. The van der Waals surface area contributed by atoms with Gasteiger partial charge in [-0.2, -0.15) is 15.1 Å². The van der Waals surface area contributed by atoms with Crippen LogP contribution in [0.2, 0.25) is 5.28 Å². The van der Waals surface area contributed by atoms with Gasteiger partial charge in [0.05, 0.1) is 31.4 Å². The summed E-state index contributed by atoms with van der Waals surface area (Å²) in [4.78, 5) is 28.5. The van der Waals surface area contributed by atoms with E-state index in [1.807, 2.05) is 0 Å². The van der Waals surface area contributed by atoms with E-state index >= 15 is 0 Å². The van der Waals surface area contributed by atoms with E-state index in [1.165, 1.54) is 10.9 Å². The van der Waals surface area contributed by atoms with Crippen LogP contribution in [0.5, 0.6) is 0 Å². The first-order chi connectivity index (χ1) is 18.6. The molecule has 5 rings (SSSR count). The van der Waals surface area contributed by atoms with Gasteiger partial charge in [0.2, 0.25) is 5.28 Å². The summed E-state index contributed by atoms with van der Waals surface area (Å²) in [5, 5.41) is 37.4. The third kappa shape index (κ3) is 6.25. The van der Waals surface area contributed by atoms with Crippen LogP contribution in [0.4, 0.5) is 5.82 Å². The summed E-state index contributed by atoms with van der Waals surface area (Å²) in [5.74, 6) is 0.965. The number of hydrogen-bond donors (Lipinski definition) is 6. The highest BCUT2D eigenvalue weighted by Gasteiger charge is 2.51. The molecule has 2 aliphatic carbocycles. The van der Waals surface area contributed by atoms with E-state index in [-0.39, 0.29) is 30.0 Å². The largest absolute Gasteiger partial charge is 0.393 e. The zero-order chi connectivity index (χ0) is 27.8. The fourth-order valence-corrected chi connectivity index (χ4v) is 6.02. The summed E-state index contributed by atoms with van der Waals surface area (Å²) in [5.41, 5.74) is 0.279. The number of rotatable bonds is 13. The fraction of sp³-hybridized carbons (Fsp3) is 0.783. The maximum atomic E-state index is 12.3. The van der Waals surface area contributed by atoms with Crippen LogP contribution in [-0.4, -0.2) is 101 Å². The molecule has 5 atom stereocenters. The van der Waals surface area contributed by atoms with Crippen LogP contribution in [0.15, 0.2) is 6.20 Å². The highest BCUT2D eigenvalue weighted by Crippen LogP contribution is 2.53. The van der Waals surface area contributed by atoms with Crippen molar-refractivity contribution in [2.45, 2.75) is 80.9 Å². The molecular weight excluding hydrogens is 557 g/mol. The summed E-state index contributed by atoms with van der Waals surface area (Å²) >= 11 is 6.19. The molecule has 14 nitrogen and oxygen atoms in total. The number of halogens is 1. The van der Waals surface area contributed by atoms with Crippen molar-refractivity contribution < 1.29 is 43.9 Å². The molecule has 0 radical (unpaired) electrons. The van der Waals surface area contributed by atoms with Crippen molar-refractivity contribution in [3.8, 4) is 0 Å². The minimum atomic E-state index is -4.97. The Morgan fingerprint density at radius 1 is 1.15 bits per heavy atom. The summed E-state index contributed by atoms with van der Waals surface area (Å²) in [6.07, 6.45) is 2.27. The molecule has 16 heteroatoms. The topological polar surface area (TPSA) is 202 Å². The van der Waals surface area contributed by atoms with Gasteiger partial charge < -0.3 is 44.6 Å². The van der Waals surface area contributed by atoms with Gasteiger partial charge in [0.15, 0.2) is 17.2 Å². The second-order valence-corrected chi connectivity index (χ2v) is 12.8. The minimum Gasteiger partial charge on any atom is -0.393 e. The molecule has 218 valence electrons. The molecule has 0 amide bonds. The smallest absolute Gasteiger partial charge is 0.359 e. The molecular formula is C23H35ClN5O9P. The van der Waals surface area contributed by atoms with Gasteiger partial charge >= 0.3 is 7.60 Å². The average molecular weight is 592 g/mol. The van der Waals surface area contributed by atoms with E-state index in [0.29, 0.717) is 23.7 Å². The van der Waals surface area contributed by atoms with Crippen LogP contribution in [0.25, 0.3) is 11.0 Å². The van der Waals surface area contributed by atoms with E-state index in [4.69, 9.17) is 25.8 Å². The van der Waals surface area contributed by atoms with Gasteiger partial charge in [-0.15, -0.1) is 0 Å². The lowest BCUT2D eigenvalue weighted by Crippen LogP contribution is -2.42. The van der Waals surface area contributed by atoms with E-state index in [1.54, 1.807) is 0 Å². The first-order valence-corrected chi connectivity index (χ1v) is 15.2. The van der Waals surface area contributed by atoms with Crippen LogP contribution in [0, 0.1) is 5.92 Å². The Hall–Kier alpha value is -1.45. The molecule has 0 bridgehead atoms. The number of nitrogens with zero attached hydrogens (tertiary/aromatic N) is 4. The fourth-order valence-electron chi connectivity index (χ4n) is 5.05. The summed E-state index contributed by atoms with van der Waals surface area (Å²) in [6.45, 7) is -1.05. The van der Waals surface area contributed by atoms with E-state index in [9.17, 15) is 29.7 Å². The number of hydrogen-bond acceptors (Lipinski definition) is 11. The van der Waals surface area contributed by atoms with Crippen LogP contribution < -0.4 is 5.32 Å². The van der Waals surface area contributed by atoms with Crippen LogP contribution in [0.1, 0.15) is 51.2 Å². The third-order valence-corrected chi connectivity index (χ3v) is 9.41. The average Bonchev–Trinajstić information content (AvgIpc) is 3.25. The molecule has 0 unspecified atom stereocenters. The van der Waals surface area contributed by atoms with Crippen molar-refractivity contribution in [2.75, 3.05) is 31.7 Å². The molecule has 3 fully saturated rings. The molecule has 3 heterocycles. The molecule has 2 aromatic heterocycles. The number of fused-ring (bicyclic) bond motifs is 1. The SMILES string of the molecule is O=P(O)(O)[C@@](CO)(CCOCC1CC1)OC[C@H]1O[C@@H](n2ncc3c(NC4CCCC4)nc(Cl)nc32)[C@H](O)[C@@H]1O. The van der Waals surface area contributed by atoms with Crippen molar-refractivity contribution in [3.05, 3.63) is 11.5 Å². The molecule has 2 saturated carbocycles. The Balaban J connectivity index is 1.30. The normalized spacial score (nSPS) is 27.8. The van der Waals surface area contributed by atoms with Crippen LogP contribution in [0.3, 0.4) is 0 Å². The summed E-state index contributed by atoms with van der Waals surface area (Å²) in [6, 6.07) is 0.249. The number of ether oxygens (including phenoxy) is 3. The van der Waals surface area contributed by atoms with Crippen molar-refractivity contribution >= 4 is 36.0 Å². The molecule has 0 aromatic carbocycles. The highest BCUT2D eigenvalue weighted by molar-refractivity contribution is 7.53. The molecule has 0 spiro atoms. The van der Waals surface area contributed by atoms with Gasteiger partial charge in [0, 0.05) is 19.1 Å². The predicted molar refractivity (Wildman–Crippen MR) is 138 cm³/mol. The minimum absolute atomic E-state index is 0.0293. The van der Waals surface area contributed by atoms with E-state index in [0.717, 1.165) is 38.5 Å². The molecule has 3 aliphatic rings. The highest BCUT2D eigenvalue weighted by atomic mass is 35.5. The summed E-state index contributed by atoms with van der Waals surface area (Å²) in [7, 11) is -4.97. The zero-order valence-electron chi connectivity index (χ0n) is 21.3. The molecule has 1 aliphatic heterocycles. The van der Waals surface area contributed by atoms with Crippen molar-refractivity contribution in [1.82, 2.24) is 19.7 Å². The molecule has 39 heavy (non-hydrogen) atoms. The maximum Gasteiger partial charge on any atom is 0.359 e. The second-order valence-electron chi connectivity index (χ2n) is 10.6. The van der Waals surface area contributed by atoms with Crippen molar-refractivity contribution in [2.24, 2.45) is 5.92 Å². The van der Waals surface area contributed by atoms with Gasteiger partial charge in [0.1, 0.15) is 24.1 Å². The van der Waals surface area contributed by atoms with Crippen LogP contribution >= 0.6 is 19.2 Å². The van der Waals surface area contributed by atoms with Gasteiger partial charge in [-0.05, 0) is 43.2 Å². The predicted octanol–water partition coefficient (Wildman–Crippen LogP) is 1.15. The molecule has 1 saturated heterocycles. The third-order valence-electron chi connectivity index (χ3n) is 7.68. The lowest BCUT2D eigenvalue weighted by atomic mass is 10.1. The van der Waals surface area contributed by atoms with Crippen molar-refractivity contribution in [1.29, 1.82) is 0 Å². The van der Waals surface area contributed by atoms with Crippen molar-refractivity contribution in [3.63, 3.8) is 0 Å². The zero-order valence-corrected chi connectivity index (χ0v) is 23.0. The Bertz CT molecular complexity index is 1190. The molecule has 6 N–H and O–H groups in total. The molecule has 2 aromatic rings. The first-order valence-electron chi connectivity index (χ1n) is 13.2.